The molecule has 0 saturated heterocycles. The smallest absolute Gasteiger partial charge is 0.269 e. The standard InChI is InChI=1S/C22H15N5O4S/c1-13-10-20(24-21(28)14-6-8-16(9-7-14)27(29)30)26(25-13)22-23-17(12-32-22)19-11-15-4-2-3-5-18(15)31-19/h2-12H,1H3,(H,24,28). The van der Waals surface area contributed by atoms with E-state index in [0.29, 0.717) is 33.7 Å². The molecule has 5 aromatic rings. The number of carbonyl (C=O) groups excluding carboxylic acids is 1. The molecule has 0 aliphatic heterocycles. The van der Waals surface area contributed by atoms with Crippen LogP contribution in [0.1, 0.15) is 16.1 Å². The summed E-state index contributed by atoms with van der Waals surface area (Å²) in [7, 11) is 0. The summed E-state index contributed by atoms with van der Waals surface area (Å²) in [5.41, 5.74) is 2.36. The van der Waals surface area contributed by atoms with Crippen LogP contribution < -0.4 is 5.32 Å². The van der Waals surface area contributed by atoms with Gasteiger partial charge in [-0.1, -0.05) is 18.2 Å². The molecule has 0 radical (unpaired) electrons. The van der Waals surface area contributed by atoms with Crippen molar-refractivity contribution in [3.05, 3.63) is 87.4 Å². The molecule has 9 nitrogen and oxygen atoms in total. The zero-order valence-electron chi connectivity index (χ0n) is 16.7. The maximum absolute atomic E-state index is 12.7. The summed E-state index contributed by atoms with van der Waals surface area (Å²) in [5.74, 6) is 0.681. The molecule has 0 aliphatic carbocycles. The van der Waals surface area contributed by atoms with Gasteiger partial charge in [0.25, 0.3) is 11.6 Å². The molecule has 32 heavy (non-hydrogen) atoms. The van der Waals surface area contributed by atoms with Gasteiger partial charge < -0.3 is 9.73 Å². The van der Waals surface area contributed by atoms with Crippen LogP contribution in [0.15, 0.2) is 70.5 Å². The highest BCUT2D eigenvalue weighted by Crippen LogP contribution is 2.30. The average Bonchev–Trinajstić information content (AvgIpc) is 3.51. The van der Waals surface area contributed by atoms with Gasteiger partial charge in [0.2, 0.25) is 5.13 Å². The van der Waals surface area contributed by atoms with Crippen molar-refractivity contribution in [3.63, 3.8) is 0 Å². The summed E-state index contributed by atoms with van der Waals surface area (Å²) in [6.45, 7) is 1.81. The number of nitrogens with zero attached hydrogens (tertiary/aromatic N) is 4. The van der Waals surface area contributed by atoms with Crippen LogP contribution in [0.25, 0.3) is 27.6 Å². The highest BCUT2D eigenvalue weighted by Gasteiger charge is 2.17. The highest BCUT2D eigenvalue weighted by atomic mass is 32.1. The number of anilines is 1. The zero-order valence-corrected chi connectivity index (χ0v) is 17.5. The zero-order chi connectivity index (χ0) is 22.2. The second-order valence-corrected chi connectivity index (χ2v) is 7.84. The summed E-state index contributed by atoms with van der Waals surface area (Å²) in [4.78, 5) is 27.6. The molecule has 0 unspecified atom stereocenters. The molecule has 5 rings (SSSR count). The van der Waals surface area contributed by atoms with Crippen molar-refractivity contribution >= 4 is 39.7 Å². The van der Waals surface area contributed by atoms with Gasteiger partial charge in [-0.25, -0.2) is 4.98 Å². The van der Waals surface area contributed by atoms with Crippen molar-refractivity contribution in [2.24, 2.45) is 0 Å². The van der Waals surface area contributed by atoms with E-state index in [2.05, 4.69) is 15.4 Å². The Kier molecular flexibility index (Phi) is 4.75. The molecule has 0 atom stereocenters. The predicted octanol–water partition coefficient (Wildman–Crippen LogP) is 5.21. The molecule has 0 bridgehead atoms. The Bertz CT molecular complexity index is 1430. The highest BCUT2D eigenvalue weighted by molar-refractivity contribution is 7.12. The van der Waals surface area contributed by atoms with E-state index in [4.69, 9.17) is 4.42 Å². The van der Waals surface area contributed by atoms with Gasteiger partial charge in [0, 0.05) is 34.5 Å². The second-order valence-electron chi connectivity index (χ2n) is 7.00. The maximum atomic E-state index is 12.7. The normalized spacial score (nSPS) is 11.0. The number of aryl methyl sites for hydroxylation is 1. The van der Waals surface area contributed by atoms with Gasteiger partial charge in [-0.05, 0) is 31.2 Å². The Morgan fingerprint density at radius 1 is 1.16 bits per heavy atom. The van der Waals surface area contributed by atoms with Crippen LogP contribution in [-0.4, -0.2) is 25.6 Å². The largest absolute Gasteiger partial charge is 0.454 e. The number of hydrogen-bond acceptors (Lipinski definition) is 7. The third kappa shape index (κ3) is 3.63. The molecule has 0 saturated carbocycles. The fraction of sp³-hybridized carbons (Fsp3) is 0.0455. The number of non-ortho nitro benzene ring substituents is 1. The molecule has 3 heterocycles. The fourth-order valence-electron chi connectivity index (χ4n) is 3.24. The average molecular weight is 445 g/mol. The van der Waals surface area contributed by atoms with Crippen LogP contribution in [0.3, 0.4) is 0 Å². The molecule has 158 valence electrons. The summed E-state index contributed by atoms with van der Waals surface area (Å²) < 4.78 is 7.44. The lowest BCUT2D eigenvalue weighted by Gasteiger charge is -2.06. The van der Waals surface area contributed by atoms with Crippen LogP contribution in [0.4, 0.5) is 11.5 Å². The predicted molar refractivity (Wildman–Crippen MR) is 120 cm³/mol. The number of thiazole rings is 1. The lowest BCUT2D eigenvalue weighted by molar-refractivity contribution is -0.384. The van der Waals surface area contributed by atoms with Gasteiger partial charge in [0.15, 0.2) is 5.76 Å². The summed E-state index contributed by atoms with van der Waals surface area (Å²) in [6, 6.07) is 16.8. The van der Waals surface area contributed by atoms with E-state index in [1.165, 1.54) is 35.6 Å². The number of nitro groups is 1. The summed E-state index contributed by atoms with van der Waals surface area (Å²) >= 11 is 1.37. The van der Waals surface area contributed by atoms with Gasteiger partial charge in [0.1, 0.15) is 17.1 Å². The van der Waals surface area contributed by atoms with Crippen LogP contribution in [0.2, 0.25) is 0 Å². The second kappa shape index (κ2) is 7.75. The maximum Gasteiger partial charge on any atom is 0.269 e. The number of furan rings is 1. The molecule has 0 aliphatic rings. The minimum atomic E-state index is -0.512. The van der Waals surface area contributed by atoms with Gasteiger partial charge >= 0.3 is 0 Å². The van der Waals surface area contributed by atoms with Gasteiger partial charge in [-0.15, -0.1) is 11.3 Å². The number of benzene rings is 2. The number of nitrogens with one attached hydrogen (secondary N) is 1. The van der Waals surface area contributed by atoms with Crippen LogP contribution in [-0.2, 0) is 0 Å². The lowest BCUT2D eigenvalue weighted by Crippen LogP contribution is -2.15. The van der Waals surface area contributed by atoms with Crippen molar-refractivity contribution in [2.75, 3.05) is 5.32 Å². The first-order chi connectivity index (χ1) is 15.5. The van der Waals surface area contributed by atoms with Gasteiger partial charge in [-0.2, -0.15) is 9.78 Å². The molecule has 1 amide bonds. The van der Waals surface area contributed by atoms with E-state index in [1.807, 2.05) is 42.6 Å². The molecule has 0 fully saturated rings. The quantitative estimate of drug-likeness (QED) is 0.293. The molecule has 2 aromatic carbocycles. The topological polar surface area (TPSA) is 116 Å². The van der Waals surface area contributed by atoms with Crippen LogP contribution in [0.5, 0.6) is 0 Å². The molecule has 10 heteroatoms. The summed E-state index contributed by atoms with van der Waals surface area (Å²) in [6.07, 6.45) is 0. The third-order valence-electron chi connectivity index (χ3n) is 4.76. The van der Waals surface area contributed by atoms with Gasteiger partial charge in [-0.3, -0.25) is 14.9 Å². The van der Waals surface area contributed by atoms with E-state index in [-0.39, 0.29) is 5.69 Å². The number of amides is 1. The van der Waals surface area contributed by atoms with E-state index in [1.54, 1.807) is 10.7 Å². The molecular weight excluding hydrogens is 430 g/mol. The number of aromatic nitrogens is 3. The van der Waals surface area contributed by atoms with Crippen LogP contribution in [0, 0.1) is 17.0 Å². The number of nitro benzene ring substituents is 1. The Morgan fingerprint density at radius 3 is 2.69 bits per heavy atom. The first kappa shape index (κ1) is 19.6. The number of para-hydroxylation sites is 1. The molecule has 1 N–H and O–H groups in total. The minimum absolute atomic E-state index is 0.0802. The molecule has 0 spiro atoms. The van der Waals surface area contributed by atoms with Crippen molar-refractivity contribution in [2.45, 2.75) is 6.92 Å². The third-order valence-corrected chi connectivity index (χ3v) is 5.58. The van der Waals surface area contributed by atoms with E-state index < -0.39 is 10.8 Å². The number of carbonyl (C=O) groups is 1. The van der Waals surface area contributed by atoms with Crippen molar-refractivity contribution in [1.82, 2.24) is 14.8 Å². The number of hydrogen-bond donors (Lipinski definition) is 1. The Hall–Kier alpha value is -4.31. The van der Waals surface area contributed by atoms with E-state index in [9.17, 15) is 14.9 Å². The lowest BCUT2D eigenvalue weighted by atomic mass is 10.2. The summed E-state index contributed by atoms with van der Waals surface area (Å²) in [5, 5.41) is 21.5. The Labute approximate surface area is 185 Å². The number of rotatable bonds is 5. The number of fused-ring (bicyclic) bond motifs is 1. The van der Waals surface area contributed by atoms with Crippen LogP contribution >= 0.6 is 11.3 Å². The minimum Gasteiger partial charge on any atom is -0.454 e. The fourth-order valence-corrected chi connectivity index (χ4v) is 4.02. The molecule has 3 aromatic heterocycles. The Morgan fingerprint density at radius 2 is 1.94 bits per heavy atom. The SMILES string of the molecule is Cc1cc(NC(=O)c2ccc([N+](=O)[O-])cc2)n(-c2nc(-c3cc4ccccc4o3)cs2)n1. The van der Waals surface area contributed by atoms with Gasteiger partial charge in [0.05, 0.1) is 10.6 Å². The van der Waals surface area contributed by atoms with E-state index >= 15 is 0 Å². The first-order valence-electron chi connectivity index (χ1n) is 9.55. The van der Waals surface area contributed by atoms with Crippen molar-refractivity contribution in [1.29, 1.82) is 0 Å². The monoisotopic (exact) mass is 445 g/mol. The molecular formula is C22H15N5O4S. The van der Waals surface area contributed by atoms with E-state index in [0.717, 1.165) is 11.0 Å². The van der Waals surface area contributed by atoms with Crippen molar-refractivity contribution < 1.29 is 14.1 Å². The van der Waals surface area contributed by atoms with Crippen molar-refractivity contribution in [3.8, 4) is 16.6 Å². The first-order valence-corrected chi connectivity index (χ1v) is 10.4. The Balaban J connectivity index is 1.42.